The standard InChI is InChI=1S/C22H26N4O.2H2/c1-5-17-8-9-20(26-12-11-24-18(14-26)13-15(2)3)25-21(17)22(27)19-7-6-10-23-16(19)4;;/h1,6-10,15,18,24H,11-14H2,2-4H3;2*1H/t18-;;/m0../s1. The van der Waals surface area contributed by atoms with E-state index in [9.17, 15) is 4.79 Å². The quantitative estimate of drug-likeness (QED) is 0.650. The molecule has 1 fully saturated rings. The van der Waals surface area contributed by atoms with Gasteiger partial charge in [-0.2, -0.15) is 0 Å². The number of terminal acetylenes is 1. The average molecular weight is 367 g/mol. The molecule has 1 saturated heterocycles. The van der Waals surface area contributed by atoms with E-state index >= 15 is 0 Å². The Morgan fingerprint density at radius 1 is 1.44 bits per heavy atom. The molecule has 1 N–H and O–H groups in total. The number of carbonyl (C=O) groups is 1. The van der Waals surface area contributed by atoms with Gasteiger partial charge >= 0.3 is 0 Å². The van der Waals surface area contributed by atoms with Gasteiger partial charge in [-0.05, 0) is 43.5 Å². The highest BCUT2D eigenvalue weighted by molar-refractivity contribution is 6.10. The third-order valence-electron chi connectivity index (χ3n) is 4.84. The van der Waals surface area contributed by atoms with Crippen molar-refractivity contribution in [2.24, 2.45) is 5.92 Å². The summed E-state index contributed by atoms with van der Waals surface area (Å²) in [5.41, 5.74) is 2.05. The lowest BCUT2D eigenvalue weighted by atomic mass is 10.0. The normalized spacial score (nSPS) is 17.0. The van der Waals surface area contributed by atoms with Gasteiger partial charge in [0.15, 0.2) is 0 Å². The minimum absolute atomic E-state index is 0. The molecule has 27 heavy (non-hydrogen) atoms. The van der Waals surface area contributed by atoms with Crippen LogP contribution in [0.3, 0.4) is 0 Å². The van der Waals surface area contributed by atoms with Gasteiger partial charge in [0.05, 0.1) is 5.56 Å². The number of hydrogen-bond acceptors (Lipinski definition) is 5. The molecule has 2 aromatic heterocycles. The number of piperazine rings is 1. The van der Waals surface area contributed by atoms with E-state index < -0.39 is 0 Å². The van der Waals surface area contributed by atoms with Gasteiger partial charge in [-0.15, -0.1) is 6.42 Å². The van der Waals surface area contributed by atoms with Crippen LogP contribution in [0.5, 0.6) is 0 Å². The van der Waals surface area contributed by atoms with E-state index in [0.29, 0.717) is 34.5 Å². The fourth-order valence-corrected chi connectivity index (χ4v) is 3.53. The molecule has 2 aromatic rings. The second-order valence-corrected chi connectivity index (χ2v) is 7.40. The lowest BCUT2D eigenvalue weighted by Gasteiger charge is -2.35. The van der Waals surface area contributed by atoms with Crippen molar-refractivity contribution in [1.29, 1.82) is 0 Å². The van der Waals surface area contributed by atoms with Gasteiger partial charge < -0.3 is 10.2 Å². The first-order chi connectivity index (χ1) is 13.0. The zero-order valence-corrected chi connectivity index (χ0v) is 16.2. The van der Waals surface area contributed by atoms with Crippen molar-refractivity contribution in [1.82, 2.24) is 15.3 Å². The molecule has 0 saturated carbocycles. The van der Waals surface area contributed by atoms with Crippen LogP contribution in [0.4, 0.5) is 5.82 Å². The minimum Gasteiger partial charge on any atom is -0.354 e. The Morgan fingerprint density at radius 3 is 2.96 bits per heavy atom. The zero-order chi connectivity index (χ0) is 19.4. The molecule has 5 heteroatoms. The summed E-state index contributed by atoms with van der Waals surface area (Å²) in [6.45, 7) is 8.91. The first kappa shape index (κ1) is 19.1. The van der Waals surface area contributed by atoms with Crippen molar-refractivity contribution in [3.05, 3.63) is 53.0 Å². The highest BCUT2D eigenvalue weighted by atomic mass is 16.1. The summed E-state index contributed by atoms with van der Waals surface area (Å²) < 4.78 is 0. The molecule has 0 unspecified atom stereocenters. The van der Waals surface area contributed by atoms with Crippen LogP contribution in [0.1, 0.15) is 50.4 Å². The molecule has 0 amide bonds. The van der Waals surface area contributed by atoms with E-state index in [-0.39, 0.29) is 8.64 Å². The number of aryl methyl sites for hydroxylation is 1. The summed E-state index contributed by atoms with van der Waals surface area (Å²) in [7, 11) is 0. The third-order valence-corrected chi connectivity index (χ3v) is 4.84. The van der Waals surface area contributed by atoms with E-state index in [1.165, 1.54) is 0 Å². The molecule has 0 bridgehead atoms. The predicted molar refractivity (Wildman–Crippen MR) is 112 cm³/mol. The topological polar surface area (TPSA) is 58.1 Å². The molecule has 0 aliphatic carbocycles. The number of pyridine rings is 2. The van der Waals surface area contributed by atoms with Crippen molar-refractivity contribution in [2.75, 3.05) is 24.5 Å². The fraction of sp³-hybridized carbons (Fsp3) is 0.409. The molecule has 1 aliphatic heterocycles. The molecular formula is C22H30N4O. The summed E-state index contributed by atoms with van der Waals surface area (Å²) in [5.74, 6) is 3.85. The second-order valence-electron chi connectivity index (χ2n) is 7.40. The smallest absolute Gasteiger partial charge is 0.214 e. The molecule has 0 spiro atoms. The predicted octanol–water partition coefficient (Wildman–Crippen LogP) is 3.31. The van der Waals surface area contributed by atoms with Gasteiger partial charge in [0.25, 0.3) is 0 Å². The van der Waals surface area contributed by atoms with E-state index in [1.807, 2.05) is 19.1 Å². The Morgan fingerprint density at radius 2 is 2.26 bits per heavy atom. The summed E-state index contributed by atoms with van der Waals surface area (Å²) >= 11 is 0. The van der Waals surface area contributed by atoms with Crippen LogP contribution in [0.15, 0.2) is 30.5 Å². The van der Waals surface area contributed by atoms with Crippen LogP contribution < -0.4 is 10.2 Å². The maximum Gasteiger partial charge on any atom is 0.214 e. The maximum absolute atomic E-state index is 13.1. The van der Waals surface area contributed by atoms with Gasteiger partial charge in [0.1, 0.15) is 11.5 Å². The minimum atomic E-state index is -0.177. The van der Waals surface area contributed by atoms with Crippen molar-refractivity contribution < 1.29 is 7.65 Å². The third kappa shape index (κ3) is 4.35. The molecule has 1 atom stereocenters. The van der Waals surface area contributed by atoms with E-state index in [0.717, 1.165) is 31.9 Å². The number of anilines is 1. The summed E-state index contributed by atoms with van der Waals surface area (Å²) in [6, 6.07) is 7.68. The van der Waals surface area contributed by atoms with Gasteiger partial charge in [-0.25, -0.2) is 4.98 Å². The van der Waals surface area contributed by atoms with Gasteiger partial charge in [0, 0.05) is 46.0 Å². The molecule has 5 nitrogen and oxygen atoms in total. The lowest BCUT2D eigenvalue weighted by molar-refractivity contribution is 0.103. The van der Waals surface area contributed by atoms with Gasteiger partial charge in [0.2, 0.25) is 5.78 Å². The number of nitrogens with zero attached hydrogens (tertiary/aromatic N) is 3. The monoisotopic (exact) mass is 366 g/mol. The summed E-state index contributed by atoms with van der Waals surface area (Å²) in [6.07, 6.45) is 8.41. The first-order valence-corrected chi connectivity index (χ1v) is 9.42. The highest BCUT2D eigenvalue weighted by Gasteiger charge is 2.23. The number of nitrogens with one attached hydrogen (secondary N) is 1. The van der Waals surface area contributed by atoms with Crippen LogP contribution in [0.25, 0.3) is 0 Å². The number of ketones is 1. The van der Waals surface area contributed by atoms with Crippen LogP contribution in [-0.4, -0.2) is 41.4 Å². The van der Waals surface area contributed by atoms with Crippen LogP contribution in [0, 0.1) is 25.2 Å². The highest BCUT2D eigenvalue weighted by Crippen LogP contribution is 2.21. The number of hydrogen-bond donors (Lipinski definition) is 1. The molecule has 3 heterocycles. The molecule has 1 aliphatic rings. The van der Waals surface area contributed by atoms with Crippen LogP contribution >= 0.6 is 0 Å². The maximum atomic E-state index is 13.1. The van der Waals surface area contributed by atoms with Crippen molar-refractivity contribution in [3.63, 3.8) is 0 Å². The van der Waals surface area contributed by atoms with Gasteiger partial charge in [-0.3, -0.25) is 9.78 Å². The zero-order valence-electron chi connectivity index (χ0n) is 16.2. The van der Waals surface area contributed by atoms with E-state index in [1.54, 1.807) is 18.3 Å². The fourth-order valence-electron chi connectivity index (χ4n) is 3.53. The number of rotatable bonds is 5. The Hall–Kier alpha value is -2.71. The first-order valence-electron chi connectivity index (χ1n) is 9.42. The molecular weight excluding hydrogens is 336 g/mol. The SMILES string of the molecule is C#Cc1ccc(N2CCN[C@@H](CC(C)C)C2)nc1C(=O)c1cccnc1C.[HH].[HH]. The average Bonchev–Trinajstić information content (AvgIpc) is 2.67. The summed E-state index contributed by atoms with van der Waals surface area (Å²) in [5, 5.41) is 3.57. The molecule has 0 radical (unpaired) electrons. The van der Waals surface area contributed by atoms with Crippen molar-refractivity contribution >= 4 is 11.6 Å². The van der Waals surface area contributed by atoms with E-state index in [2.05, 4.69) is 40.0 Å². The molecule has 0 aromatic carbocycles. The molecule has 3 rings (SSSR count). The van der Waals surface area contributed by atoms with E-state index in [4.69, 9.17) is 6.42 Å². The van der Waals surface area contributed by atoms with Crippen molar-refractivity contribution in [2.45, 2.75) is 33.2 Å². The number of carbonyl (C=O) groups excluding carboxylic acids is 1. The van der Waals surface area contributed by atoms with Crippen molar-refractivity contribution in [3.8, 4) is 12.3 Å². The summed E-state index contributed by atoms with van der Waals surface area (Å²) in [4.78, 5) is 24.2. The Kier molecular flexibility index (Phi) is 5.88. The largest absolute Gasteiger partial charge is 0.354 e. The Bertz CT molecular complexity index is 879. The lowest BCUT2D eigenvalue weighted by Crippen LogP contribution is -2.51. The Balaban J connectivity index is 0.00000210. The van der Waals surface area contributed by atoms with Gasteiger partial charge in [-0.1, -0.05) is 19.8 Å². The van der Waals surface area contributed by atoms with Crippen LogP contribution in [0.2, 0.25) is 0 Å². The Labute approximate surface area is 164 Å². The molecule has 144 valence electrons. The second kappa shape index (κ2) is 8.32. The van der Waals surface area contributed by atoms with Crippen LogP contribution in [-0.2, 0) is 0 Å². The number of aromatic nitrogens is 2.